The van der Waals surface area contributed by atoms with Crippen molar-refractivity contribution in [2.75, 3.05) is 13.1 Å². The van der Waals surface area contributed by atoms with Crippen LogP contribution < -0.4 is 5.73 Å². The van der Waals surface area contributed by atoms with Crippen LogP contribution in [0, 0.1) is 5.92 Å². The van der Waals surface area contributed by atoms with Crippen LogP contribution in [-0.4, -0.2) is 24.0 Å². The molecule has 0 amide bonds. The molecule has 1 aliphatic carbocycles. The highest BCUT2D eigenvalue weighted by Gasteiger charge is 2.30. The summed E-state index contributed by atoms with van der Waals surface area (Å²) in [7, 11) is 0. The van der Waals surface area contributed by atoms with Gasteiger partial charge in [-0.1, -0.05) is 49.9 Å². The van der Waals surface area contributed by atoms with Gasteiger partial charge in [0.25, 0.3) is 0 Å². The molecule has 4 heteroatoms. The molecule has 1 aliphatic rings. The Morgan fingerprint density at radius 2 is 1.90 bits per heavy atom. The Labute approximate surface area is 138 Å². The molecule has 0 saturated heterocycles. The maximum Gasteiger partial charge on any atom is 0.0488 e. The number of hydrogen-bond acceptors (Lipinski definition) is 2. The summed E-state index contributed by atoms with van der Waals surface area (Å²) in [5, 5.41) is 1.49. The summed E-state index contributed by atoms with van der Waals surface area (Å²) in [5.41, 5.74) is 7.19. The number of benzene rings is 1. The van der Waals surface area contributed by atoms with E-state index in [2.05, 4.69) is 18.7 Å². The van der Waals surface area contributed by atoms with Crippen molar-refractivity contribution in [3.8, 4) is 0 Å². The van der Waals surface area contributed by atoms with E-state index in [4.69, 9.17) is 28.9 Å². The lowest BCUT2D eigenvalue weighted by Gasteiger charge is -2.38. The monoisotopic (exact) mass is 328 g/mol. The standard InChI is InChI=1S/C17H26Cl2N2/c1-12(2)11-21(14-5-3-4-6-14)17(10-20)15-9-13(18)7-8-16(15)19/h7-9,12,14,17H,3-6,10-11,20H2,1-2H3. The van der Waals surface area contributed by atoms with E-state index < -0.39 is 0 Å². The lowest BCUT2D eigenvalue weighted by Crippen LogP contribution is -2.42. The van der Waals surface area contributed by atoms with Crippen LogP contribution in [0.1, 0.15) is 51.1 Å². The molecule has 0 bridgehead atoms. The number of halogens is 2. The summed E-state index contributed by atoms with van der Waals surface area (Å²) in [4.78, 5) is 2.56. The van der Waals surface area contributed by atoms with Crippen LogP contribution in [0.5, 0.6) is 0 Å². The van der Waals surface area contributed by atoms with E-state index in [9.17, 15) is 0 Å². The quantitative estimate of drug-likeness (QED) is 0.805. The molecule has 1 unspecified atom stereocenters. The van der Waals surface area contributed by atoms with Crippen LogP contribution in [0.15, 0.2) is 18.2 Å². The molecule has 1 aromatic rings. The summed E-state index contributed by atoms with van der Waals surface area (Å²) in [6.07, 6.45) is 5.17. The molecule has 21 heavy (non-hydrogen) atoms. The summed E-state index contributed by atoms with van der Waals surface area (Å²) < 4.78 is 0. The highest BCUT2D eigenvalue weighted by Crippen LogP contribution is 2.35. The molecular weight excluding hydrogens is 303 g/mol. The topological polar surface area (TPSA) is 29.3 Å². The highest BCUT2D eigenvalue weighted by molar-refractivity contribution is 6.33. The fourth-order valence-electron chi connectivity index (χ4n) is 3.40. The molecular formula is C17H26Cl2N2. The van der Waals surface area contributed by atoms with Crippen molar-refractivity contribution in [3.05, 3.63) is 33.8 Å². The van der Waals surface area contributed by atoms with Crippen molar-refractivity contribution < 1.29 is 0 Å². The smallest absolute Gasteiger partial charge is 0.0488 e. The third kappa shape index (κ3) is 4.35. The van der Waals surface area contributed by atoms with Crippen LogP contribution in [0.3, 0.4) is 0 Å². The third-order valence-corrected chi connectivity index (χ3v) is 4.89. The molecule has 0 aromatic heterocycles. The first-order valence-corrected chi connectivity index (χ1v) is 8.69. The van der Waals surface area contributed by atoms with Gasteiger partial charge in [-0.05, 0) is 42.5 Å². The second-order valence-corrected chi connectivity index (χ2v) is 7.29. The second kappa shape index (κ2) is 7.82. The predicted octanol–water partition coefficient (Wildman–Crippen LogP) is 4.89. The summed E-state index contributed by atoms with van der Waals surface area (Å²) in [6.45, 7) is 6.14. The number of nitrogens with zero attached hydrogens (tertiary/aromatic N) is 1. The lowest BCUT2D eigenvalue weighted by atomic mass is 10.0. The molecule has 2 nitrogen and oxygen atoms in total. The predicted molar refractivity (Wildman–Crippen MR) is 92.1 cm³/mol. The summed E-state index contributed by atoms with van der Waals surface area (Å²) in [5.74, 6) is 0.609. The first-order valence-electron chi connectivity index (χ1n) is 7.93. The maximum atomic E-state index is 6.42. The van der Waals surface area contributed by atoms with E-state index >= 15 is 0 Å². The summed E-state index contributed by atoms with van der Waals surface area (Å²) in [6, 6.07) is 6.47. The molecule has 0 heterocycles. The van der Waals surface area contributed by atoms with Crippen molar-refractivity contribution in [1.29, 1.82) is 0 Å². The van der Waals surface area contributed by atoms with Crippen LogP contribution in [0.25, 0.3) is 0 Å². The fourth-order valence-corrected chi connectivity index (χ4v) is 3.82. The number of rotatable bonds is 6. The van der Waals surface area contributed by atoms with Gasteiger partial charge in [-0.25, -0.2) is 0 Å². The molecule has 1 aromatic carbocycles. The molecule has 0 radical (unpaired) electrons. The van der Waals surface area contributed by atoms with Gasteiger partial charge in [0.2, 0.25) is 0 Å². The van der Waals surface area contributed by atoms with Gasteiger partial charge in [0.15, 0.2) is 0 Å². The third-order valence-electron chi connectivity index (χ3n) is 4.31. The minimum Gasteiger partial charge on any atom is -0.329 e. The van der Waals surface area contributed by atoms with Crippen LogP contribution in [-0.2, 0) is 0 Å². The Morgan fingerprint density at radius 3 is 2.48 bits per heavy atom. The number of nitrogens with two attached hydrogens (primary N) is 1. The van der Waals surface area contributed by atoms with Crippen molar-refractivity contribution in [1.82, 2.24) is 4.90 Å². The van der Waals surface area contributed by atoms with Gasteiger partial charge in [-0.3, -0.25) is 4.90 Å². The largest absolute Gasteiger partial charge is 0.329 e. The maximum absolute atomic E-state index is 6.42. The van der Waals surface area contributed by atoms with E-state index in [0.717, 1.165) is 22.2 Å². The Balaban J connectivity index is 2.31. The summed E-state index contributed by atoms with van der Waals surface area (Å²) >= 11 is 12.6. The SMILES string of the molecule is CC(C)CN(C1CCCC1)C(CN)c1cc(Cl)ccc1Cl. The number of hydrogen-bond donors (Lipinski definition) is 1. The van der Waals surface area contributed by atoms with Gasteiger partial charge in [-0.2, -0.15) is 0 Å². The Bertz CT molecular complexity index is 456. The minimum atomic E-state index is 0.154. The first-order chi connectivity index (χ1) is 10.0. The van der Waals surface area contributed by atoms with Crippen LogP contribution in [0.2, 0.25) is 10.0 Å². The molecule has 1 saturated carbocycles. The zero-order valence-electron chi connectivity index (χ0n) is 13.0. The Hall–Kier alpha value is -0.280. The molecule has 1 atom stereocenters. The zero-order valence-corrected chi connectivity index (χ0v) is 14.5. The normalized spacial score (nSPS) is 17.9. The van der Waals surface area contributed by atoms with Crippen molar-refractivity contribution >= 4 is 23.2 Å². The van der Waals surface area contributed by atoms with Crippen LogP contribution >= 0.6 is 23.2 Å². The van der Waals surface area contributed by atoms with E-state index in [1.807, 2.05) is 18.2 Å². The average Bonchev–Trinajstić information content (AvgIpc) is 2.95. The minimum absolute atomic E-state index is 0.154. The van der Waals surface area contributed by atoms with E-state index in [0.29, 0.717) is 18.5 Å². The van der Waals surface area contributed by atoms with Crippen LogP contribution in [0.4, 0.5) is 0 Å². The van der Waals surface area contributed by atoms with Gasteiger partial charge in [0.05, 0.1) is 0 Å². The van der Waals surface area contributed by atoms with E-state index in [-0.39, 0.29) is 6.04 Å². The molecule has 1 fully saturated rings. The molecule has 0 spiro atoms. The van der Waals surface area contributed by atoms with Gasteiger partial charge in [0.1, 0.15) is 0 Å². The lowest BCUT2D eigenvalue weighted by molar-refractivity contribution is 0.121. The van der Waals surface area contributed by atoms with E-state index in [1.54, 1.807) is 0 Å². The fraction of sp³-hybridized carbons (Fsp3) is 0.647. The Morgan fingerprint density at radius 1 is 1.24 bits per heavy atom. The molecule has 2 rings (SSSR count). The van der Waals surface area contributed by atoms with Gasteiger partial charge >= 0.3 is 0 Å². The van der Waals surface area contributed by atoms with Crippen molar-refractivity contribution in [2.24, 2.45) is 11.7 Å². The zero-order chi connectivity index (χ0) is 15.4. The van der Waals surface area contributed by atoms with Crippen molar-refractivity contribution in [2.45, 2.75) is 51.6 Å². The molecule has 2 N–H and O–H groups in total. The second-order valence-electron chi connectivity index (χ2n) is 6.45. The Kier molecular flexibility index (Phi) is 6.36. The van der Waals surface area contributed by atoms with Gasteiger partial charge in [0, 0.05) is 35.2 Å². The molecule has 118 valence electrons. The average molecular weight is 329 g/mol. The van der Waals surface area contributed by atoms with Gasteiger partial charge < -0.3 is 5.73 Å². The van der Waals surface area contributed by atoms with Gasteiger partial charge in [-0.15, -0.1) is 0 Å². The van der Waals surface area contributed by atoms with Crippen molar-refractivity contribution in [3.63, 3.8) is 0 Å². The first kappa shape index (κ1) is 17.1. The molecule has 0 aliphatic heterocycles. The highest BCUT2D eigenvalue weighted by atomic mass is 35.5. The van der Waals surface area contributed by atoms with E-state index in [1.165, 1.54) is 25.7 Å².